The van der Waals surface area contributed by atoms with Crippen molar-refractivity contribution in [3.05, 3.63) is 0 Å². The Morgan fingerprint density at radius 1 is 0.562 bits per heavy atom. The number of ether oxygens (including phenoxy) is 2. The highest BCUT2D eigenvalue weighted by Gasteiger charge is 2.77. The largest absolute Gasteiger partial charge is 0.460 e. The Morgan fingerprint density at radius 3 is 1.03 bits per heavy atom. The third kappa shape index (κ3) is 4.79. The molecule has 188 valence electrons. The predicted molar refractivity (Wildman–Crippen MR) is 67.7 cm³/mol. The first kappa shape index (κ1) is 27.9. The molecular weight excluding hydrogens is 502 g/mol. The van der Waals surface area contributed by atoms with Crippen molar-refractivity contribution in [2.24, 2.45) is 0 Å². The number of amides is 2. The molecule has 0 radical (unpaired) electrons. The van der Waals surface area contributed by atoms with E-state index in [0.29, 0.717) is 10.6 Å². The van der Waals surface area contributed by atoms with E-state index in [1.165, 1.54) is 0 Å². The summed E-state index contributed by atoms with van der Waals surface area (Å²) in [6, 6.07) is 0. The SMILES string of the molecule is O=C(NC1OCCOC1NC(=O)C(F)(F)C(F)(F)C(F)(F)F)C(F)(F)C(F)(F)C(F)(F)F. The van der Waals surface area contributed by atoms with E-state index in [1.54, 1.807) is 0 Å². The van der Waals surface area contributed by atoms with Crippen molar-refractivity contribution < 1.29 is 80.5 Å². The van der Waals surface area contributed by atoms with Crippen LogP contribution in [0, 0.1) is 0 Å². The first-order valence-electron chi connectivity index (χ1n) is 7.51. The summed E-state index contributed by atoms with van der Waals surface area (Å²) in [5.41, 5.74) is 0. The van der Waals surface area contributed by atoms with Gasteiger partial charge in [-0.25, -0.2) is 0 Å². The number of carbonyl (C=O) groups is 2. The first-order valence-corrected chi connectivity index (χ1v) is 7.51. The lowest BCUT2D eigenvalue weighted by atomic mass is 10.1. The fourth-order valence-corrected chi connectivity index (χ4v) is 1.84. The van der Waals surface area contributed by atoms with Gasteiger partial charge in [0, 0.05) is 0 Å². The molecule has 2 amide bonds. The van der Waals surface area contributed by atoms with Gasteiger partial charge in [0.15, 0.2) is 12.5 Å². The molecule has 1 rings (SSSR count). The number of carbonyl (C=O) groups excluding carboxylic acids is 2. The molecular formula is C12H8F14N2O4. The van der Waals surface area contributed by atoms with Crippen LogP contribution in [-0.2, 0) is 19.1 Å². The topological polar surface area (TPSA) is 76.7 Å². The van der Waals surface area contributed by atoms with Gasteiger partial charge < -0.3 is 20.1 Å². The molecule has 1 aliphatic rings. The number of halogens is 14. The van der Waals surface area contributed by atoms with E-state index in [-0.39, 0.29) is 0 Å². The van der Waals surface area contributed by atoms with Gasteiger partial charge in [-0.3, -0.25) is 9.59 Å². The number of nitrogens with one attached hydrogen (secondary N) is 2. The Kier molecular flexibility index (Phi) is 7.28. The van der Waals surface area contributed by atoms with Crippen molar-refractivity contribution in [2.75, 3.05) is 13.2 Å². The zero-order valence-electron chi connectivity index (χ0n) is 14.5. The van der Waals surface area contributed by atoms with Crippen LogP contribution in [0.15, 0.2) is 0 Å². The normalized spacial score (nSPS) is 21.8. The highest BCUT2D eigenvalue weighted by Crippen LogP contribution is 2.47. The van der Waals surface area contributed by atoms with Crippen LogP contribution in [0.3, 0.4) is 0 Å². The van der Waals surface area contributed by atoms with Gasteiger partial charge in [-0.05, 0) is 0 Å². The minimum Gasteiger partial charge on any atom is -0.351 e. The van der Waals surface area contributed by atoms with Crippen molar-refractivity contribution >= 4 is 11.8 Å². The molecule has 0 aliphatic carbocycles. The third-order valence-electron chi connectivity index (χ3n) is 3.57. The molecule has 1 heterocycles. The van der Waals surface area contributed by atoms with Crippen molar-refractivity contribution in [1.29, 1.82) is 0 Å². The standard InChI is InChI=1S/C12H8F14N2O4/c13-7(14,9(17,18)11(21,22)23)5(29)27-3-4(32-2-1-31-3)28-6(30)8(15,16)10(19,20)12(24,25)26/h3-4H,1-2H2,(H,27,29)(H,28,30). The van der Waals surface area contributed by atoms with Crippen LogP contribution in [-0.4, -0.2) is 73.5 Å². The fourth-order valence-electron chi connectivity index (χ4n) is 1.84. The maximum absolute atomic E-state index is 13.3. The van der Waals surface area contributed by atoms with Gasteiger partial charge in [0.25, 0.3) is 11.8 Å². The Morgan fingerprint density at radius 2 is 0.812 bits per heavy atom. The van der Waals surface area contributed by atoms with E-state index >= 15 is 0 Å². The van der Waals surface area contributed by atoms with Crippen LogP contribution in [0.1, 0.15) is 0 Å². The van der Waals surface area contributed by atoms with Gasteiger partial charge in [0.05, 0.1) is 13.2 Å². The summed E-state index contributed by atoms with van der Waals surface area (Å²) in [7, 11) is 0. The average molecular weight is 510 g/mol. The van der Waals surface area contributed by atoms with Crippen LogP contribution in [0.2, 0.25) is 0 Å². The lowest BCUT2D eigenvalue weighted by molar-refractivity contribution is -0.345. The van der Waals surface area contributed by atoms with E-state index < -0.39 is 73.5 Å². The molecule has 2 atom stereocenters. The molecule has 0 aromatic carbocycles. The second-order valence-electron chi connectivity index (χ2n) is 5.82. The van der Waals surface area contributed by atoms with Crippen LogP contribution in [0.5, 0.6) is 0 Å². The molecule has 20 heteroatoms. The molecule has 0 aromatic rings. The summed E-state index contributed by atoms with van der Waals surface area (Å²) in [5.74, 6) is -33.9. The highest BCUT2D eigenvalue weighted by molar-refractivity contribution is 5.86. The molecule has 32 heavy (non-hydrogen) atoms. The monoisotopic (exact) mass is 510 g/mol. The zero-order chi connectivity index (χ0) is 25.6. The first-order chi connectivity index (χ1) is 14.0. The number of hydrogen-bond acceptors (Lipinski definition) is 4. The molecule has 0 aromatic heterocycles. The van der Waals surface area contributed by atoms with Crippen molar-refractivity contribution in [1.82, 2.24) is 10.6 Å². The highest BCUT2D eigenvalue weighted by atomic mass is 19.4. The maximum Gasteiger partial charge on any atom is 0.460 e. The van der Waals surface area contributed by atoms with Crippen molar-refractivity contribution in [3.63, 3.8) is 0 Å². The number of alkyl halides is 14. The summed E-state index contributed by atoms with van der Waals surface area (Å²) < 4.78 is 186. The van der Waals surface area contributed by atoms with Crippen LogP contribution in [0.25, 0.3) is 0 Å². The van der Waals surface area contributed by atoms with Gasteiger partial charge >= 0.3 is 36.0 Å². The number of hydrogen-bond donors (Lipinski definition) is 2. The molecule has 1 fully saturated rings. The van der Waals surface area contributed by atoms with Gasteiger partial charge in [0.2, 0.25) is 0 Å². The van der Waals surface area contributed by atoms with Gasteiger partial charge in [-0.15, -0.1) is 0 Å². The van der Waals surface area contributed by atoms with Gasteiger partial charge in [-0.2, -0.15) is 61.5 Å². The van der Waals surface area contributed by atoms with Crippen LogP contribution in [0.4, 0.5) is 61.5 Å². The Bertz CT molecular complexity index is 659. The van der Waals surface area contributed by atoms with Crippen LogP contribution >= 0.6 is 0 Å². The third-order valence-corrected chi connectivity index (χ3v) is 3.57. The Balaban J connectivity index is 3.07. The lowest BCUT2D eigenvalue weighted by Crippen LogP contribution is -2.66. The number of rotatable bonds is 6. The van der Waals surface area contributed by atoms with E-state index in [2.05, 4.69) is 9.47 Å². The Hall–Kier alpha value is -2.12. The molecule has 1 saturated heterocycles. The second kappa shape index (κ2) is 8.34. The minimum absolute atomic E-state index is 0.628. The fraction of sp³-hybridized carbons (Fsp3) is 0.833. The quantitative estimate of drug-likeness (QED) is 0.539. The molecule has 0 spiro atoms. The van der Waals surface area contributed by atoms with Crippen LogP contribution < -0.4 is 10.6 Å². The molecule has 2 N–H and O–H groups in total. The summed E-state index contributed by atoms with van der Waals surface area (Å²) in [6.45, 7) is -1.62. The predicted octanol–water partition coefficient (Wildman–Crippen LogP) is 2.58. The van der Waals surface area contributed by atoms with Crippen molar-refractivity contribution in [3.8, 4) is 0 Å². The maximum atomic E-state index is 13.3. The van der Waals surface area contributed by atoms with Gasteiger partial charge in [-0.1, -0.05) is 0 Å². The molecule has 1 aliphatic heterocycles. The summed E-state index contributed by atoms with van der Waals surface area (Å²) in [6.07, 6.45) is -19.5. The summed E-state index contributed by atoms with van der Waals surface area (Å²) in [4.78, 5) is 22.5. The van der Waals surface area contributed by atoms with E-state index in [1.807, 2.05) is 0 Å². The lowest BCUT2D eigenvalue weighted by Gasteiger charge is -2.35. The van der Waals surface area contributed by atoms with E-state index in [9.17, 15) is 71.1 Å². The second-order valence-corrected chi connectivity index (χ2v) is 5.82. The molecule has 0 bridgehead atoms. The summed E-state index contributed by atoms with van der Waals surface area (Å²) >= 11 is 0. The molecule has 6 nitrogen and oxygen atoms in total. The Labute approximate surface area is 166 Å². The molecule has 2 unspecified atom stereocenters. The average Bonchev–Trinajstić information content (AvgIpc) is 2.60. The smallest absolute Gasteiger partial charge is 0.351 e. The van der Waals surface area contributed by atoms with Crippen molar-refractivity contribution in [2.45, 2.75) is 48.5 Å². The minimum atomic E-state index is -6.97. The molecule has 0 saturated carbocycles. The summed E-state index contributed by atoms with van der Waals surface area (Å²) in [5, 5.41) is 1.26. The zero-order valence-corrected chi connectivity index (χ0v) is 14.5. The van der Waals surface area contributed by atoms with E-state index in [4.69, 9.17) is 0 Å². The van der Waals surface area contributed by atoms with Gasteiger partial charge in [0.1, 0.15) is 0 Å². The van der Waals surface area contributed by atoms with E-state index in [0.717, 1.165) is 0 Å².